The van der Waals surface area contributed by atoms with Crippen LogP contribution in [0.4, 0.5) is 14.5 Å². The van der Waals surface area contributed by atoms with Gasteiger partial charge in [0.05, 0.1) is 0 Å². The molecule has 0 amide bonds. The van der Waals surface area contributed by atoms with Crippen LogP contribution in [-0.2, 0) is 4.79 Å². The number of anilines is 1. The molecule has 0 unspecified atom stereocenters. The zero-order chi connectivity index (χ0) is 15.6. The van der Waals surface area contributed by atoms with Crippen molar-refractivity contribution >= 4 is 17.7 Å². The van der Waals surface area contributed by atoms with Gasteiger partial charge in [-0.1, -0.05) is 13.8 Å². The first-order valence-electron chi connectivity index (χ1n) is 6.93. The van der Waals surface area contributed by atoms with Crippen LogP contribution >= 0.6 is 0 Å². The maximum Gasteiger partial charge on any atom is 0.328 e. The number of carboxylic acids is 1. The van der Waals surface area contributed by atoms with Crippen LogP contribution in [-0.4, -0.2) is 24.2 Å². The third kappa shape index (κ3) is 3.80. The van der Waals surface area contributed by atoms with Crippen LogP contribution < -0.4 is 4.90 Å². The third-order valence-electron chi connectivity index (χ3n) is 3.67. The summed E-state index contributed by atoms with van der Waals surface area (Å²) in [7, 11) is 0. The molecular formula is C16H19F2NO2. The van der Waals surface area contributed by atoms with Gasteiger partial charge >= 0.3 is 5.97 Å². The summed E-state index contributed by atoms with van der Waals surface area (Å²) in [6.45, 7) is 5.39. The SMILES string of the molecule is CC1(C)CCCN(c2c(F)cc(C=CC(=O)O)cc2F)C1. The first-order valence-corrected chi connectivity index (χ1v) is 6.93. The van der Waals surface area contributed by atoms with E-state index in [1.165, 1.54) is 18.2 Å². The van der Waals surface area contributed by atoms with Gasteiger partial charge in [0.2, 0.25) is 0 Å². The van der Waals surface area contributed by atoms with Gasteiger partial charge in [-0.2, -0.15) is 0 Å². The number of carboxylic acid groups (broad SMARTS) is 1. The van der Waals surface area contributed by atoms with Crippen LogP contribution in [0.2, 0.25) is 0 Å². The van der Waals surface area contributed by atoms with E-state index in [1.54, 1.807) is 4.90 Å². The van der Waals surface area contributed by atoms with Crippen LogP contribution in [0.15, 0.2) is 18.2 Å². The van der Waals surface area contributed by atoms with Crippen molar-refractivity contribution in [3.8, 4) is 0 Å². The predicted molar refractivity (Wildman–Crippen MR) is 78.3 cm³/mol. The fourth-order valence-corrected chi connectivity index (χ4v) is 2.77. The van der Waals surface area contributed by atoms with Gasteiger partial charge in [-0.25, -0.2) is 13.6 Å². The number of rotatable bonds is 3. The highest BCUT2D eigenvalue weighted by atomic mass is 19.1. The Morgan fingerprint density at radius 3 is 2.48 bits per heavy atom. The first kappa shape index (κ1) is 15.5. The maximum absolute atomic E-state index is 14.2. The average Bonchev–Trinajstić information content (AvgIpc) is 2.34. The van der Waals surface area contributed by atoms with E-state index < -0.39 is 17.6 Å². The van der Waals surface area contributed by atoms with E-state index in [2.05, 4.69) is 13.8 Å². The standard InChI is InChI=1S/C16H19F2NO2/c1-16(2)6-3-7-19(10-16)15-12(17)8-11(9-13(15)18)4-5-14(20)21/h4-5,8-9H,3,6-7,10H2,1-2H3,(H,20,21). The first-order chi connectivity index (χ1) is 9.78. The Bertz CT molecular complexity index is 559. The van der Waals surface area contributed by atoms with Gasteiger partial charge in [-0.3, -0.25) is 0 Å². The topological polar surface area (TPSA) is 40.5 Å². The van der Waals surface area contributed by atoms with Gasteiger partial charge in [0.25, 0.3) is 0 Å². The lowest BCUT2D eigenvalue weighted by atomic mass is 9.84. The summed E-state index contributed by atoms with van der Waals surface area (Å²) in [6.07, 6.45) is 3.97. The minimum atomic E-state index is -1.15. The Morgan fingerprint density at radius 1 is 1.33 bits per heavy atom. The van der Waals surface area contributed by atoms with Gasteiger partial charge in [-0.05, 0) is 42.0 Å². The molecule has 0 spiro atoms. The molecule has 5 heteroatoms. The predicted octanol–water partition coefficient (Wildman–Crippen LogP) is 3.69. The number of carbonyl (C=O) groups is 1. The Balaban J connectivity index is 2.31. The van der Waals surface area contributed by atoms with Crippen molar-refractivity contribution in [2.24, 2.45) is 5.41 Å². The van der Waals surface area contributed by atoms with Crippen molar-refractivity contribution in [3.63, 3.8) is 0 Å². The van der Waals surface area contributed by atoms with E-state index in [9.17, 15) is 13.6 Å². The highest BCUT2D eigenvalue weighted by molar-refractivity contribution is 5.85. The molecule has 1 heterocycles. The summed E-state index contributed by atoms with van der Waals surface area (Å²) in [5.74, 6) is -2.46. The second kappa shape index (κ2) is 5.84. The lowest BCUT2D eigenvalue weighted by Crippen LogP contribution is -2.41. The monoisotopic (exact) mass is 295 g/mol. The molecule has 0 aliphatic carbocycles. The number of aliphatic carboxylic acids is 1. The number of piperidine rings is 1. The molecule has 1 fully saturated rings. The molecule has 1 aromatic rings. The van der Waals surface area contributed by atoms with Crippen LogP contribution in [0.3, 0.4) is 0 Å². The molecule has 2 rings (SSSR count). The van der Waals surface area contributed by atoms with Crippen LogP contribution in [0.25, 0.3) is 6.08 Å². The molecule has 1 saturated heterocycles. The second-order valence-corrected chi connectivity index (χ2v) is 6.19. The molecule has 1 aromatic carbocycles. The fourth-order valence-electron chi connectivity index (χ4n) is 2.77. The Morgan fingerprint density at radius 2 is 1.95 bits per heavy atom. The summed E-state index contributed by atoms with van der Waals surface area (Å²) < 4.78 is 28.4. The van der Waals surface area contributed by atoms with Crippen molar-refractivity contribution < 1.29 is 18.7 Å². The minimum absolute atomic E-state index is 0.0183. The van der Waals surface area contributed by atoms with Crippen LogP contribution in [0.1, 0.15) is 32.3 Å². The number of hydrogen-bond donors (Lipinski definition) is 1. The smallest absolute Gasteiger partial charge is 0.328 e. The molecule has 1 aliphatic rings. The summed E-state index contributed by atoms with van der Waals surface area (Å²) in [4.78, 5) is 12.2. The highest BCUT2D eigenvalue weighted by Gasteiger charge is 2.29. The summed E-state index contributed by atoms with van der Waals surface area (Å²) >= 11 is 0. The number of halogens is 2. The molecule has 0 bridgehead atoms. The van der Waals surface area contributed by atoms with E-state index in [4.69, 9.17) is 5.11 Å². The molecule has 1 aliphatic heterocycles. The van der Waals surface area contributed by atoms with Crippen LogP contribution in [0, 0.1) is 17.0 Å². The summed E-state index contributed by atoms with van der Waals surface area (Å²) in [5, 5.41) is 8.55. The minimum Gasteiger partial charge on any atom is -0.478 e. The number of nitrogens with zero attached hydrogens (tertiary/aromatic N) is 1. The molecule has 21 heavy (non-hydrogen) atoms. The van der Waals surface area contributed by atoms with Crippen molar-refractivity contribution in [3.05, 3.63) is 35.4 Å². The third-order valence-corrected chi connectivity index (χ3v) is 3.67. The van der Waals surface area contributed by atoms with Gasteiger partial charge in [0.1, 0.15) is 17.3 Å². The second-order valence-electron chi connectivity index (χ2n) is 6.19. The van der Waals surface area contributed by atoms with Gasteiger partial charge < -0.3 is 10.0 Å². The lowest BCUT2D eigenvalue weighted by molar-refractivity contribution is -0.131. The zero-order valence-electron chi connectivity index (χ0n) is 12.2. The maximum atomic E-state index is 14.2. The molecule has 0 radical (unpaired) electrons. The number of benzene rings is 1. The Labute approximate surface area is 122 Å². The largest absolute Gasteiger partial charge is 0.478 e. The van der Waals surface area contributed by atoms with Crippen molar-refractivity contribution in [2.75, 3.05) is 18.0 Å². The molecule has 0 atom stereocenters. The van der Waals surface area contributed by atoms with E-state index in [1.807, 2.05) is 0 Å². The van der Waals surface area contributed by atoms with E-state index >= 15 is 0 Å². The lowest BCUT2D eigenvalue weighted by Gasteiger charge is -2.39. The zero-order valence-corrected chi connectivity index (χ0v) is 12.2. The highest BCUT2D eigenvalue weighted by Crippen LogP contribution is 2.34. The molecule has 114 valence electrons. The van der Waals surface area contributed by atoms with E-state index in [0.717, 1.165) is 18.9 Å². The molecule has 0 saturated carbocycles. The summed E-state index contributed by atoms with van der Waals surface area (Å²) in [5.41, 5.74) is 0.210. The van der Waals surface area contributed by atoms with Crippen molar-refractivity contribution in [2.45, 2.75) is 26.7 Å². The van der Waals surface area contributed by atoms with E-state index in [0.29, 0.717) is 13.1 Å². The van der Waals surface area contributed by atoms with E-state index in [-0.39, 0.29) is 16.7 Å². The summed E-state index contributed by atoms with van der Waals surface area (Å²) in [6, 6.07) is 2.33. The van der Waals surface area contributed by atoms with Gasteiger partial charge in [0.15, 0.2) is 0 Å². The van der Waals surface area contributed by atoms with Crippen molar-refractivity contribution in [1.82, 2.24) is 0 Å². The average molecular weight is 295 g/mol. The van der Waals surface area contributed by atoms with Gasteiger partial charge in [-0.15, -0.1) is 0 Å². The Kier molecular flexibility index (Phi) is 4.30. The normalized spacial score (nSPS) is 18.2. The quantitative estimate of drug-likeness (QED) is 0.865. The van der Waals surface area contributed by atoms with Crippen molar-refractivity contribution in [1.29, 1.82) is 0 Å². The molecule has 0 aromatic heterocycles. The number of hydrogen-bond acceptors (Lipinski definition) is 2. The fraction of sp³-hybridized carbons (Fsp3) is 0.438. The Hall–Kier alpha value is -1.91. The molecular weight excluding hydrogens is 276 g/mol. The molecule has 3 nitrogen and oxygen atoms in total. The molecule has 1 N–H and O–H groups in total. The van der Waals surface area contributed by atoms with Crippen LogP contribution in [0.5, 0.6) is 0 Å². The van der Waals surface area contributed by atoms with Gasteiger partial charge in [0, 0.05) is 19.2 Å².